The number of nitrogens with zero attached hydrogens (tertiary/aromatic N) is 2. The molecule has 6 nitrogen and oxygen atoms in total. The van der Waals surface area contributed by atoms with Crippen LogP contribution in [-0.2, 0) is 16.0 Å². The van der Waals surface area contributed by atoms with Crippen LogP contribution >= 0.6 is 0 Å². The van der Waals surface area contributed by atoms with E-state index in [1.54, 1.807) is 31.0 Å². The van der Waals surface area contributed by atoms with Gasteiger partial charge in [0.15, 0.2) is 0 Å². The van der Waals surface area contributed by atoms with Crippen LogP contribution in [0.1, 0.15) is 29.8 Å². The zero-order valence-electron chi connectivity index (χ0n) is 18.9. The Morgan fingerprint density at radius 2 is 2.00 bits per heavy atom. The van der Waals surface area contributed by atoms with Crippen molar-refractivity contribution in [2.45, 2.75) is 25.8 Å². The predicted octanol–water partition coefficient (Wildman–Crippen LogP) is 3.60. The smallest absolute Gasteiger partial charge is 0.255 e. The molecule has 3 aromatic rings. The number of aromatic nitrogens is 1. The first-order valence-electron chi connectivity index (χ1n) is 11.1. The van der Waals surface area contributed by atoms with Crippen LogP contribution in [0.25, 0.3) is 10.8 Å². The minimum atomic E-state index is -1.19. The van der Waals surface area contributed by atoms with Crippen LogP contribution in [-0.4, -0.2) is 53.5 Å². The Morgan fingerprint density at radius 3 is 2.82 bits per heavy atom. The summed E-state index contributed by atoms with van der Waals surface area (Å²) in [4.78, 5) is 31.9. The molecule has 4 rings (SSSR count). The van der Waals surface area contributed by atoms with E-state index in [-0.39, 0.29) is 17.4 Å². The maximum atomic E-state index is 14.0. The summed E-state index contributed by atoms with van der Waals surface area (Å²) in [6.45, 7) is 5.23. The van der Waals surface area contributed by atoms with E-state index in [0.29, 0.717) is 26.3 Å². The molecule has 1 aromatic heterocycles. The highest BCUT2D eigenvalue weighted by Crippen LogP contribution is 2.21. The van der Waals surface area contributed by atoms with E-state index in [0.717, 1.165) is 22.8 Å². The third-order valence-corrected chi connectivity index (χ3v) is 5.93. The van der Waals surface area contributed by atoms with Gasteiger partial charge in [0.1, 0.15) is 11.4 Å². The topological polar surface area (TPSA) is 71.5 Å². The third-order valence-electron chi connectivity index (χ3n) is 5.93. The molecule has 33 heavy (non-hydrogen) atoms. The molecule has 0 bridgehead atoms. The van der Waals surface area contributed by atoms with Gasteiger partial charge in [-0.05, 0) is 55.5 Å². The van der Waals surface area contributed by atoms with Gasteiger partial charge in [-0.1, -0.05) is 24.3 Å². The number of carbonyl (C=O) groups excluding carboxylic acids is 2. The van der Waals surface area contributed by atoms with E-state index in [1.807, 2.05) is 12.3 Å². The molecular weight excluding hydrogens is 421 g/mol. The SMILES string of the molecule is CC(C)(NC(=O)c1ccccc1F)C(=O)N1CCOCC(Cc2ccc3ccncc3c2)C1. The van der Waals surface area contributed by atoms with Gasteiger partial charge in [0.2, 0.25) is 5.91 Å². The van der Waals surface area contributed by atoms with Crippen molar-refractivity contribution in [1.82, 2.24) is 15.2 Å². The number of fused-ring (bicyclic) bond motifs is 1. The summed E-state index contributed by atoms with van der Waals surface area (Å²) in [5.41, 5.74) is -0.116. The lowest BCUT2D eigenvalue weighted by Gasteiger charge is -2.33. The highest BCUT2D eigenvalue weighted by molar-refractivity contribution is 5.99. The standard InChI is InChI=1S/C26H28FN3O3/c1-26(2,29-24(31)22-5-3-4-6-23(22)27)25(32)30-11-12-33-17-19(16-30)13-18-7-8-20-9-10-28-15-21(20)14-18/h3-10,14-15,19H,11-13,16-17H2,1-2H3,(H,29,31). The Bertz CT molecular complexity index is 1160. The zero-order valence-corrected chi connectivity index (χ0v) is 18.9. The summed E-state index contributed by atoms with van der Waals surface area (Å²) < 4.78 is 19.8. The Morgan fingerprint density at radius 1 is 1.18 bits per heavy atom. The maximum absolute atomic E-state index is 14.0. The maximum Gasteiger partial charge on any atom is 0.255 e. The number of carbonyl (C=O) groups is 2. The van der Waals surface area contributed by atoms with E-state index < -0.39 is 17.3 Å². The van der Waals surface area contributed by atoms with Gasteiger partial charge in [-0.25, -0.2) is 4.39 Å². The molecule has 0 spiro atoms. The van der Waals surface area contributed by atoms with Crippen molar-refractivity contribution in [3.05, 3.63) is 77.9 Å². The van der Waals surface area contributed by atoms with Crippen molar-refractivity contribution >= 4 is 22.6 Å². The van der Waals surface area contributed by atoms with Crippen LogP contribution in [0.3, 0.4) is 0 Å². The molecule has 1 fully saturated rings. The largest absolute Gasteiger partial charge is 0.379 e. The Balaban J connectivity index is 1.45. The molecule has 7 heteroatoms. The fourth-order valence-electron chi connectivity index (χ4n) is 4.23. The van der Waals surface area contributed by atoms with Crippen molar-refractivity contribution in [1.29, 1.82) is 0 Å². The van der Waals surface area contributed by atoms with Gasteiger partial charge in [-0.2, -0.15) is 0 Å². The summed E-state index contributed by atoms with van der Waals surface area (Å²) >= 11 is 0. The third kappa shape index (κ3) is 5.37. The molecule has 0 aliphatic carbocycles. The first kappa shape index (κ1) is 22.9. The van der Waals surface area contributed by atoms with Crippen molar-refractivity contribution in [3.8, 4) is 0 Å². The summed E-state index contributed by atoms with van der Waals surface area (Å²) in [7, 11) is 0. The van der Waals surface area contributed by atoms with Crippen LogP contribution < -0.4 is 5.32 Å². The van der Waals surface area contributed by atoms with E-state index in [4.69, 9.17) is 4.74 Å². The van der Waals surface area contributed by atoms with E-state index in [2.05, 4.69) is 28.5 Å². The van der Waals surface area contributed by atoms with Gasteiger partial charge in [0.25, 0.3) is 5.91 Å². The van der Waals surface area contributed by atoms with Gasteiger partial charge < -0.3 is 15.0 Å². The van der Waals surface area contributed by atoms with Gasteiger partial charge in [0.05, 0.1) is 18.8 Å². The molecule has 0 radical (unpaired) electrons. The second kappa shape index (κ2) is 9.67. The number of halogens is 1. The fraction of sp³-hybridized carbons (Fsp3) is 0.346. The first-order chi connectivity index (χ1) is 15.8. The molecule has 172 valence electrons. The summed E-state index contributed by atoms with van der Waals surface area (Å²) in [6.07, 6.45) is 4.38. The summed E-state index contributed by atoms with van der Waals surface area (Å²) in [5.74, 6) is -1.33. The molecule has 1 saturated heterocycles. The Hall–Kier alpha value is -3.32. The lowest BCUT2D eigenvalue weighted by molar-refractivity contribution is -0.137. The van der Waals surface area contributed by atoms with Crippen LogP contribution in [0.15, 0.2) is 60.9 Å². The second-order valence-corrected chi connectivity index (χ2v) is 9.01. The Kier molecular flexibility index (Phi) is 6.70. The predicted molar refractivity (Wildman–Crippen MR) is 124 cm³/mol. The minimum Gasteiger partial charge on any atom is -0.379 e. The normalized spacial score (nSPS) is 16.9. The minimum absolute atomic E-state index is 0.0822. The molecule has 1 unspecified atom stereocenters. The molecule has 1 aliphatic rings. The number of nitrogens with one attached hydrogen (secondary N) is 1. The number of amides is 2. The zero-order chi connectivity index (χ0) is 23.4. The molecule has 1 aliphatic heterocycles. The number of benzene rings is 2. The van der Waals surface area contributed by atoms with Crippen molar-refractivity contribution in [3.63, 3.8) is 0 Å². The molecular formula is C26H28FN3O3. The first-order valence-corrected chi connectivity index (χ1v) is 11.1. The molecule has 0 saturated carbocycles. The van der Waals surface area contributed by atoms with Crippen molar-refractivity contribution < 1.29 is 18.7 Å². The van der Waals surface area contributed by atoms with E-state index in [9.17, 15) is 14.0 Å². The summed E-state index contributed by atoms with van der Waals surface area (Å²) in [5, 5.41) is 4.91. The average Bonchev–Trinajstić information content (AvgIpc) is 3.04. The van der Waals surface area contributed by atoms with E-state index in [1.165, 1.54) is 18.2 Å². The number of hydrogen-bond donors (Lipinski definition) is 1. The number of ether oxygens (including phenoxy) is 1. The second-order valence-electron chi connectivity index (χ2n) is 9.01. The fourth-order valence-corrected chi connectivity index (χ4v) is 4.23. The molecule has 2 amide bonds. The highest BCUT2D eigenvalue weighted by atomic mass is 19.1. The van der Waals surface area contributed by atoms with Crippen LogP contribution in [0, 0.1) is 11.7 Å². The van der Waals surface area contributed by atoms with Gasteiger partial charge in [-0.3, -0.25) is 14.6 Å². The highest BCUT2D eigenvalue weighted by Gasteiger charge is 2.36. The molecule has 2 heterocycles. The number of pyridine rings is 1. The lowest BCUT2D eigenvalue weighted by Crippen LogP contribution is -2.57. The monoisotopic (exact) mass is 449 g/mol. The Labute approximate surface area is 192 Å². The molecule has 1 atom stereocenters. The van der Waals surface area contributed by atoms with Crippen molar-refractivity contribution in [2.24, 2.45) is 5.92 Å². The van der Waals surface area contributed by atoms with Gasteiger partial charge in [0, 0.05) is 36.8 Å². The number of hydrogen-bond acceptors (Lipinski definition) is 4. The molecule has 2 aromatic carbocycles. The van der Waals surface area contributed by atoms with Crippen LogP contribution in [0.4, 0.5) is 4.39 Å². The van der Waals surface area contributed by atoms with E-state index >= 15 is 0 Å². The van der Waals surface area contributed by atoms with Gasteiger partial charge >= 0.3 is 0 Å². The van der Waals surface area contributed by atoms with Crippen LogP contribution in [0.5, 0.6) is 0 Å². The van der Waals surface area contributed by atoms with Crippen molar-refractivity contribution in [2.75, 3.05) is 26.3 Å². The van der Waals surface area contributed by atoms with Gasteiger partial charge in [-0.15, -0.1) is 0 Å². The lowest BCUT2D eigenvalue weighted by atomic mass is 9.96. The van der Waals surface area contributed by atoms with Crippen LogP contribution in [0.2, 0.25) is 0 Å². The average molecular weight is 450 g/mol. The quantitative estimate of drug-likeness (QED) is 0.646. The number of rotatable bonds is 5. The summed E-state index contributed by atoms with van der Waals surface area (Å²) in [6, 6.07) is 14.0. The molecule has 1 N–H and O–H groups in total.